The van der Waals surface area contributed by atoms with Crippen LogP contribution in [0.3, 0.4) is 0 Å². The first-order valence-corrected chi connectivity index (χ1v) is 7.06. The highest BCUT2D eigenvalue weighted by Crippen LogP contribution is 2.32. The Bertz CT molecular complexity index is 841. The zero-order valence-electron chi connectivity index (χ0n) is 11.0. The maximum Gasteiger partial charge on any atom is 0.252 e. The molecule has 0 aliphatic heterocycles. The lowest BCUT2D eigenvalue weighted by atomic mass is 9.82. The van der Waals surface area contributed by atoms with Crippen LogP contribution in [0.5, 0.6) is 0 Å². The number of benzene rings is 1. The molecule has 0 spiro atoms. The molecule has 1 aliphatic rings. The van der Waals surface area contributed by atoms with Gasteiger partial charge in [0.2, 0.25) is 0 Å². The van der Waals surface area contributed by atoms with Crippen LogP contribution in [0.25, 0.3) is 5.78 Å². The maximum atomic E-state index is 12.4. The summed E-state index contributed by atoms with van der Waals surface area (Å²) < 4.78 is 1.54. The fourth-order valence-corrected chi connectivity index (χ4v) is 2.92. The monoisotopic (exact) mass is 298 g/mol. The number of halogens is 1. The average molecular weight is 299 g/mol. The summed E-state index contributed by atoms with van der Waals surface area (Å²) >= 11 is 5.92. The van der Waals surface area contributed by atoms with E-state index in [-0.39, 0.29) is 11.7 Å². The van der Waals surface area contributed by atoms with Gasteiger partial charge in [-0.1, -0.05) is 23.7 Å². The van der Waals surface area contributed by atoms with E-state index in [9.17, 15) is 4.79 Å². The van der Waals surface area contributed by atoms with Crippen molar-refractivity contribution in [2.75, 3.05) is 0 Å². The van der Waals surface area contributed by atoms with Crippen molar-refractivity contribution in [3.63, 3.8) is 0 Å². The van der Waals surface area contributed by atoms with Gasteiger partial charge in [0.1, 0.15) is 6.33 Å². The number of Topliss-reactive ketones (excluding diaryl/α,β-unsaturated/α-hetero) is 1. The van der Waals surface area contributed by atoms with Crippen molar-refractivity contribution in [2.24, 2.45) is 0 Å². The smallest absolute Gasteiger partial charge is 0.252 e. The van der Waals surface area contributed by atoms with Gasteiger partial charge in [-0.3, -0.25) is 4.79 Å². The van der Waals surface area contributed by atoms with Gasteiger partial charge in [0, 0.05) is 17.6 Å². The first kappa shape index (κ1) is 12.5. The normalized spacial score (nSPS) is 18.0. The molecule has 5 nitrogen and oxygen atoms in total. The lowest BCUT2D eigenvalue weighted by Gasteiger charge is -2.23. The Morgan fingerprint density at radius 3 is 2.81 bits per heavy atom. The van der Waals surface area contributed by atoms with Crippen LogP contribution in [0.2, 0.25) is 5.02 Å². The number of hydrogen-bond acceptors (Lipinski definition) is 4. The molecular weight excluding hydrogens is 288 g/mol. The van der Waals surface area contributed by atoms with Gasteiger partial charge in [-0.15, -0.1) is 0 Å². The van der Waals surface area contributed by atoms with E-state index in [1.165, 1.54) is 6.33 Å². The number of hydrogen-bond donors (Lipinski definition) is 0. The molecule has 0 unspecified atom stereocenters. The fraction of sp³-hybridized carbons (Fsp3) is 0.200. The van der Waals surface area contributed by atoms with Crippen molar-refractivity contribution >= 4 is 23.2 Å². The van der Waals surface area contributed by atoms with E-state index in [4.69, 9.17) is 11.6 Å². The Morgan fingerprint density at radius 2 is 2.00 bits per heavy atom. The first-order valence-electron chi connectivity index (χ1n) is 6.68. The molecule has 0 bridgehead atoms. The largest absolute Gasteiger partial charge is 0.294 e. The highest BCUT2D eigenvalue weighted by Gasteiger charge is 2.28. The van der Waals surface area contributed by atoms with E-state index < -0.39 is 0 Å². The van der Waals surface area contributed by atoms with Crippen LogP contribution in [0.4, 0.5) is 0 Å². The Hall–Kier alpha value is -2.27. The van der Waals surface area contributed by atoms with Gasteiger partial charge in [0.25, 0.3) is 5.78 Å². The number of carbonyl (C=O) groups excluding carboxylic acids is 1. The molecule has 0 N–H and O–H groups in total. The quantitative estimate of drug-likeness (QED) is 0.693. The van der Waals surface area contributed by atoms with Gasteiger partial charge >= 0.3 is 0 Å². The van der Waals surface area contributed by atoms with Gasteiger partial charge in [-0.25, -0.2) is 9.50 Å². The SMILES string of the molecule is O=C1C[C@@H](c2ccc(Cl)cc2)Cc2nc3ncnn3cc21. The van der Waals surface area contributed by atoms with Crippen molar-refractivity contribution in [1.29, 1.82) is 0 Å². The summed E-state index contributed by atoms with van der Waals surface area (Å²) in [6.45, 7) is 0. The Labute approximate surface area is 125 Å². The second-order valence-electron chi connectivity index (χ2n) is 5.19. The van der Waals surface area contributed by atoms with E-state index in [1.807, 2.05) is 24.3 Å². The Kier molecular flexibility index (Phi) is 2.75. The minimum atomic E-state index is 0.0982. The zero-order valence-corrected chi connectivity index (χ0v) is 11.8. The van der Waals surface area contributed by atoms with Gasteiger partial charge < -0.3 is 0 Å². The molecular formula is C15H11ClN4O. The number of fused-ring (bicyclic) bond motifs is 2. The first-order chi connectivity index (χ1) is 10.2. The average Bonchev–Trinajstić information content (AvgIpc) is 2.93. The van der Waals surface area contributed by atoms with Gasteiger partial charge in [-0.05, 0) is 30.0 Å². The molecule has 6 heteroatoms. The van der Waals surface area contributed by atoms with E-state index in [2.05, 4.69) is 15.1 Å². The lowest BCUT2D eigenvalue weighted by molar-refractivity contribution is 0.0962. The predicted octanol–water partition coefficient (Wildman–Crippen LogP) is 2.69. The molecule has 0 fully saturated rings. The third kappa shape index (κ3) is 2.10. The van der Waals surface area contributed by atoms with Crippen LogP contribution in [-0.4, -0.2) is 25.4 Å². The topological polar surface area (TPSA) is 60.2 Å². The minimum absolute atomic E-state index is 0.0982. The van der Waals surface area contributed by atoms with E-state index in [0.717, 1.165) is 17.7 Å². The van der Waals surface area contributed by atoms with Gasteiger partial charge in [0.05, 0.1) is 11.3 Å². The predicted molar refractivity (Wildman–Crippen MR) is 77.6 cm³/mol. The van der Waals surface area contributed by atoms with Crippen LogP contribution < -0.4 is 0 Å². The van der Waals surface area contributed by atoms with Gasteiger partial charge in [0.15, 0.2) is 5.78 Å². The summed E-state index contributed by atoms with van der Waals surface area (Å²) in [6, 6.07) is 7.65. The third-order valence-electron chi connectivity index (χ3n) is 3.86. The van der Waals surface area contributed by atoms with Crippen molar-refractivity contribution in [3.05, 3.63) is 58.6 Å². The summed E-state index contributed by atoms with van der Waals surface area (Å²) in [6.07, 6.45) is 4.38. The molecule has 0 radical (unpaired) electrons. The number of carbonyl (C=O) groups is 1. The van der Waals surface area contributed by atoms with Crippen LogP contribution >= 0.6 is 11.6 Å². The molecule has 21 heavy (non-hydrogen) atoms. The second kappa shape index (κ2) is 4.63. The van der Waals surface area contributed by atoms with Crippen LogP contribution in [0.1, 0.15) is 34.0 Å². The second-order valence-corrected chi connectivity index (χ2v) is 5.62. The zero-order chi connectivity index (χ0) is 14.4. The van der Waals surface area contributed by atoms with Crippen LogP contribution in [0, 0.1) is 0 Å². The molecule has 1 atom stereocenters. The highest BCUT2D eigenvalue weighted by atomic mass is 35.5. The molecule has 2 heterocycles. The van der Waals surface area contributed by atoms with Crippen molar-refractivity contribution < 1.29 is 4.79 Å². The molecule has 4 rings (SSSR count). The van der Waals surface area contributed by atoms with E-state index in [0.29, 0.717) is 22.8 Å². The molecule has 1 aliphatic carbocycles. The Morgan fingerprint density at radius 1 is 1.19 bits per heavy atom. The highest BCUT2D eigenvalue weighted by molar-refractivity contribution is 6.30. The lowest BCUT2D eigenvalue weighted by Crippen LogP contribution is -2.21. The molecule has 0 amide bonds. The molecule has 0 saturated heterocycles. The Balaban J connectivity index is 1.76. The summed E-state index contributed by atoms with van der Waals surface area (Å²) in [4.78, 5) is 20.9. The molecule has 0 saturated carbocycles. The number of nitrogens with zero attached hydrogens (tertiary/aromatic N) is 4. The summed E-state index contributed by atoms with van der Waals surface area (Å²) in [7, 11) is 0. The van der Waals surface area contributed by atoms with Crippen LogP contribution in [-0.2, 0) is 6.42 Å². The molecule has 1 aromatic carbocycles. The summed E-state index contributed by atoms with van der Waals surface area (Å²) in [5.74, 6) is 0.763. The van der Waals surface area contributed by atoms with E-state index in [1.54, 1.807) is 10.7 Å². The molecule has 104 valence electrons. The molecule has 3 aromatic rings. The van der Waals surface area contributed by atoms with E-state index >= 15 is 0 Å². The summed E-state index contributed by atoms with van der Waals surface area (Å²) in [5.41, 5.74) is 2.56. The number of ketones is 1. The maximum absolute atomic E-state index is 12.4. The molecule has 2 aromatic heterocycles. The van der Waals surface area contributed by atoms with Crippen molar-refractivity contribution in [3.8, 4) is 0 Å². The fourth-order valence-electron chi connectivity index (χ4n) is 2.79. The third-order valence-corrected chi connectivity index (χ3v) is 4.12. The van der Waals surface area contributed by atoms with Crippen molar-refractivity contribution in [1.82, 2.24) is 19.6 Å². The minimum Gasteiger partial charge on any atom is -0.294 e. The van der Waals surface area contributed by atoms with Gasteiger partial charge in [-0.2, -0.15) is 10.1 Å². The number of rotatable bonds is 1. The van der Waals surface area contributed by atoms with Crippen molar-refractivity contribution in [2.45, 2.75) is 18.8 Å². The standard InChI is InChI=1S/C15H11ClN4O/c16-11-3-1-9(2-4-11)10-5-13-12(14(21)6-10)7-20-15(19-13)17-8-18-20/h1-4,7-8,10H,5-6H2/t10-/m0/s1. The van der Waals surface area contributed by atoms with Crippen LogP contribution in [0.15, 0.2) is 36.8 Å². The summed E-state index contributed by atoms with van der Waals surface area (Å²) in [5, 5.41) is 4.72. The number of aromatic nitrogens is 4.